The van der Waals surface area contributed by atoms with Gasteiger partial charge < -0.3 is 4.74 Å². The molecule has 1 heterocycles. The Morgan fingerprint density at radius 1 is 1.11 bits per heavy atom. The Morgan fingerprint density at radius 2 is 1.81 bits per heavy atom. The maximum atomic E-state index is 12.2. The van der Waals surface area contributed by atoms with Crippen molar-refractivity contribution in [2.75, 3.05) is 13.2 Å². The number of rotatable bonds is 8. The lowest BCUT2D eigenvalue weighted by Gasteiger charge is -2.09. The van der Waals surface area contributed by atoms with Crippen molar-refractivity contribution in [2.24, 2.45) is 0 Å². The third kappa shape index (κ3) is 6.61. The molecule has 1 aromatic heterocycles. The topological polar surface area (TPSA) is 114 Å². The lowest BCUT2D eigenvalue weighted by Crippen LogP contribution is -2.42. The normalized spacial score (nSPS) is 11.0. The molecule has 0 aliphatic rings. The standard InChI is InChI=1S/C16H18BrN3O5S2/c1-2-25-11-3-5-12(6-4-11)27(23,24)18-10-9-15(21)19-20-16(22)13-7-8-14(17)26-13/h3-8,18H,2,9-10H2,1H3,(H,19,21)(H,20,22). The monoisotopic (exact) mass is 475 g/mol. The van der Waals surface area contributed by atoms with Gasteiger partial charge in [0.05, 0.1) is 20.2 Å². The van der Waals surface area contributed by atoms with E-state index >= 15 is 0 Å². The molecule has 3 N–H and O–H groups in total. The van der Waals surface area contributed by atoms with Crippen LogP contribution in [0, 0.1) is 0 Å². The molecule has 0 fully saturated rings. The van der Waals surface area contributed by atoms with E-state index in [4.69, 9.17) is 4.74 Å². The number of benzene rings is 1. The molecule has 0 radical (unpaired) electrons. The number of hydrazine groups is 1. The van der Waals surface area contributed by atoms with Gasteiger partial charge in [-0.1, -0.05) is 0 Å². The molecule has 0 unspecified atom stereocenters. The van der Waals surface area contributed by atoms with Gasteiger partial charge in [-0.15, -0.1) is 11.3 Å². The van der Waals surface area contributed by atoms with Crippen LogP contribution in [0.25, 0.3) is 0 Å². The highest BCUT2D eigenvalue weighted by Gasteiger charge is 2.15. The molecule has 1 aromatic carbocycles. The summed E-state index contributed by atoms with van der Waals surface area (Å²) in [5, 5.41) is 0. The van der Waals surface area contributed by atoms with E-state index in [9.17, 15) is 18.0 Å². The van der Waals surface area contributed by atoms with Gasteiger partial charge in [0, 0.05) is 13.0 Å². The fourth-order valence-corrected chi connectivity index (χ4v) is 4.26. The van der Waals surface area contributed by atoms with Gasteiger partial charge in [0.15, 0.2) is 0 Å². The summed E-state index contributed by atoms with van der Waals surface area (Å²) in [4.78, 5) is 24.0. The van der Waals surface area contributed by atoms with Crippen LogP contribution in [0.3, 0.4) is 0 Å². The van der Waals surface area contributed by atoms with Gasteiger partial charge in [-0.3, -0.25) is 20.4 Å². The number of halogens is 1. The van der Waals surface area contributed by atoms with Gasteiger partial charge in [-0.25, -0.2) is 13.1 Å². The lowest BCUT2D eigenvalue weighted by atomic mass is 10.3. The maximum Gasteiger partial charge on any atom is 0.279 e. The Kier molecular flexibility index (Phi) is 7.78. The molecule has 2 aromatic rings. The largest absolute Gasteiger partial charge is 0.494 e. The number of nitrogens with one attached hydrogen (secondary N) is 3. The Bertz CT molecular complexity index is 897. The van der Waals surface area contributed by atoms with Crippen molar-refractivity contribution in [1.82, 2.24) is 15.6 Å². The van der Waals surface area contributed by atoms with Gasteiger partial charge in [0.25, 0.3) is 5.91 Å². The predicted molar refractivity (Wildman–Crippen MR) is 105 cm³/mol. The van der Waals surface area contributed by atoms with Crippen LogP contribution in [0.15, 0.2) is 45.1 Å². The number of hydrogen-bond donors (Lipinski definition) is 3. The molecule has 2 amide bonds. The molecule has 8 nitrogen and oxygen atoms in total. The Balaban J connectivity index is 1.77. The second-order valence-corrected chi connectivity index (χ2v) is 9.39. The van der Waals surface area contributed by atoms with E-state index in [1.807, 2.05) is 6.92 Å². The van der Waals surface area contributed by atoms with Crippen LogP contribution in [0.4, 0.5) is 0 Å². The van der Waals surface area contributed by atoms with Crippen LogP contribution in [-0.4, -0.2) is 33.4 Å². The summed E-state index contributed by atoms with van der Waals surface area (Å²) >= 11 is 4.47. The Hall–Kier alpha value is -1.95. The fourth-order valence-electron chi connectivity index (χ4n) is 1.95. The van der Waals surface area contributed by atoms with Crippen LogP contribution in [-0.2, 0) is 14.8 Å². The summed E-state index contributed by atoms with van der Waals surface area (Å²) in [5.41, 5.74) is 4.51. The van der Waals surface area contributed by atoms with Gasteiger partial charge in [-0.2, -0.15) is 0 Å². The molecular formula is C16H18BrN3O5S2. The zero-order chi connectivity index (χ0) is 19.9. The van der Waals surface area contributed by atoms with Crippen molar-refractivity contribution < 1.29 is 22.7 Å². The van der Waals surface area contributed by atoms with Crippen LogP contribution >= 0.6 is 27.3 Å². The number of carbonyl (C=O) groups is 2. The molecule has 0 bridgehead atoms. The molecule has 2 rings (SSSR count). The van der Waals surface area contributed by atoms with Crippen molar-refractivity contribution in [3.05, 3.63) is 45.1 Å². The fraction of sp³-hybridized carbons (Fsp3) is 0.250. The number of ether oxygens (including phenoxy) is 1. The summed E-state index contributed by atoms with van der Waals surface area (Å²) < 4.78 is 32.7. The summed E-state index contributed by atoms with van der Waals surface area (Å²) in [6.45, 7) is 2.21. The molecular weight excluding hydrogens is 458 g/mol. The molecule has 146 valence electrons. The first-order valence-corrected chi connectivity index (χ1v) is 11.0. The summed E-state index contributed by atoms with van der Waals surface area (Å²) in [7, 11) is -3.74. The number of thiophene rings is 1. The molecule has 0 aliphatic heterocycles. The van der Waals surface area contributed by atoms with E-state index in [1.54, 1.807) is 24.3 Å². The van der Waals surface area contributed by atoms with Crippen molar-refractivity contribution in [1.29, 1.82) is 0 Å². The predicted octanol–water partition coefficient (Wildman–Crippen LogP) is 2.04. The molecule has 0 atom stereocenters. The zero-order valence-corrected chi connectivity index (χ0v) is 17.5. The minimum absolute atomic E-state index is 0.0722. The maximum absolute atomic E-state index is 12.2. The quantitative estimate of drug-likeness (QED) is 0.505. The third-order valence-electron chi connectivity index (χ3n) is 3.20. The molecule has 0 saturated heterocycles. The van der Waals surface area contributed by atoms with E-state index in [0.29, 0.717) is 17.2 Å². The Labute approximate surface area is 169 Å². The SMILES string of the molecule is CCOc1ccc(S(=O)(=O)NCCC(=O)NNC(=O)c2ccc(Br)s2)cc1. The molecule has 0 aliphatic carbocycles. The lowest BCUT2D eigenvalue weighted by molar-refractivity contribution is -0.121. The average Bonchev–Trinajstić information content (AvgIpc) is 3.07. The molecule has 0 saturated carbocycles. The van der Waals surface area contributed by atoms with E-state index in [1.165, 1.54) is 23.5 Å². The van der Waals surface area contributed by atoms with E-state index < -0.39 is 21.8 Å². The first kappa shape index (κ1) is 21.4. The van der Waals surface area contributed by atoms with E-state index in [-0.39, 0.29) is 17.9 Å². The van der Waals surface area contributed by atoms with Crippen LogP contribution in [0.5, 0.6) is 5.75 Å². The highest BCUT2D eigenvalue weighted by atomic mass is 79.9. The molecule has 0 spiro atoms. The van der Waals surface area contributed by atoms with Crippen LogP contribution in [0.2, 0.25) is 0 Å². The highest BCUT2D eigenvalue weighted by Crippen LogP contribution is 2.21. The number of carbonyl (C=O) groups excluding carboxylic acids is 2. The zero-order valence-electron chi connectivity index (χ0n) is 14.3. The van der Waals surface area contributed by atoms with Crippen molar-refractivity contribution >= 4 is 49.1 Å². The minimum atomic E-state index is -3.74. The third-order valence-corrected chi connectivity index (χ3v) is 6.30. The number of hydrogen-bond acceptors (Lipinski definition) is 6. The minimum Gasteiger partial charge on any atom is -0.494 e. The first-order valence-electron chi connectivity index (χ1n) is 7.89. The highest BCUT2D eigenvalue weighted by molar-refractivity contribution is 9.11. The van der Waals surface area contributed by atoms with Crippen molar-refractivity contribution in [3.63, 3.8) is 0 Å². The number of sulfonamides is 1. The average molecular weight is 476 g/mol. The number of amides is 2. The Morgan fingerprint density at radius 3 is 2.41 bits per heavy atom. The molecule has 11 heteroatoms. The molecule has 27 heavy (non-hydrogen) atoms. The van der Waals surface area contributed by atoms with Gasteiger partial charge in [0.2, 0.25) is 15.9 Å². The van der Waals surface area contributed by atoms with Crippen molar-refractivity contribution in [3.8, 4) is 5.75 Å². The van der Waals surface area contributed by atoms with Crippen LogP contribution < -0.4 is 20.3 Å². The summed E-state index contributed by atoms with van der Waals surface area (Å²) in [6.07, 6.45) is -0.134. The van der Waals surface area contributed by atoms with Gasteiger partial charge in [-0.05, 0) is 59.3 Å². The van der Waals surface area contributed by atoms with Gasteiger partial charge in [0.1, 0.15) is 5.75 Å². The smallest absolute Gasteiger partial charge is 0.279 e. The van der Waals surface area contributed by atoms with Crippen molar-refractivity contribution in [2.45, 2.75) is 18.2 Å². The van der Waals surface area contributed by atoms with E-state index in [2.05, 4.69) is 31.5 Å². The summed E-state index contributed by atoms with van der Waals surface area (Å²) in [5.74, 6) is -0.397. The van der Waals surface area contributed by atoms with Gasteiger partial charge >= 0.3 is 0 Å². The van der Waals surface area contributed by atoms with E-state index in [0.717, 1.165) is 3.79 Å². The first-order chi connectivity index (χ1) is 12.8. The summed E-state index contributed by atoms with van der Waals surface area (Å²) in [6, 6.07) is 9.30. The van der Waals surface area contributed by atoms with Crippen LogP contribution in [0.1, 0.15) is 23.0 Å². The second-order valence-electron chi connectivity index (χ2n) is 5.16. The second kappa shape index (κ2) is 9.83.